The Hall–Kier alpha value is -1.33. The van der Waals surface area contributed by atoms with Crippen LogP contribution < -0.4 is 10.1 Å². The fourth-order valence-electron chi connectivity index (χ4n) is 1.80. The molecule has 0 unspecified atom stereocenters. The Morgan fingerprint density at radius 1 is 1.33 bits per heavy atom. The van der Waals surface area contributed by atoms with E-state index in [1.54, 1.807) is 4.68 Å². The summed E-state index contributed by atoms with van der Waals surface area (Å²) in [6.07, 6.45) is 0. The number of hydrogen-bond acceptors (Lipinski definition) is 3. The van der Waals surface area contributed by atoms with Crippen LogP contribution in [0.2, 0.25) is 0 Å². The van der Waals surface area contributed by atoms with Crippen molar-refractivity contribution in [3.63, 3.8) is 0 Å². The lowest BCUT2D eigenvalue weighted by molar-refractivity contribution is 0.424. The van der Waals surface area contributed by atoms with Gasteiger partial charge in [-0.15, -0.1) is 0 Å². The van der Waals surface area contributed by atoms with Gasteiger partial charge in [-0.25, -0.2) is 4.68 Å². The zero-order chi connectivity index (χ0) is 13.1. The monoisotopic (exact) mass is 309 g/mol. The second-order valence-corrected chi connectivity index (χ2v) is 4.99. The number of nitrogens with one attached hydrogen (secondary N) is 1. The molecule has 0 saturated heterocycles. The second kappa shape index (κ2) is 5.54. The molecule has 0 radical (unpaired) electrons. The van der Waals surface area contributed by atoms with Crippen molar-refractivity contribution in [3.05, 3.63) is 40.0 Å². The van der Waals surface area contributed by atoms with Crippen LogP contribution >= 0.6 is 15.9 Å². The molecule has 2 aromatic rings. The highest BCUT2D eigenvalue weighted by Crippen LogP contribution is 2.27. The summed E-state index contributed by atoms with van der Waals surface area (Å²) >= 11 is 3.41. The molecule has 0 atom stereocenters. The predicted molar refractivity (Wildman–Crippen MR) is 74.9 cm³/mol. The van der Waals surface area contributed by atoms with Crippen LogP contribution in [0.15, 0.2) is 28.7 Å². The van der Waals surface area contributed by atoms with Gasteiger partial charge in [0.15, 0.2) is 0 Å². The molecular weight excluding hydrogens is 294 g/mol. The number of aryl methyl sites for hydroxylation is 2. The van der Waals surface area contributed by atoms with Gasteiger partial charge in [-0.2, -0.15) is 5.10 Å². The van der Waals surface area contributed by atoms with Gasteiger partial charge < -0.3 is 10.1 Å². The number of halogens is 1. The van der Waals surface area contributed by atoms with Crippen LogP contribution in [0, 0.1) is 6.92 Å². The maximum atomic E-state index is 5.91. The zero-order valence-electron chi connectivity index (χ0n) is 10.7. The third-order valence-corrected chi connectivity index (χ3v) is 3.20. The minimum absolute atomic E-state index is 0.742. The molecule has 2 rings (SSSR count). The van der Waals surface area contributed by atoms with Gasteiger partial charge in [-0.05, 0) is 38.2 Å². The molecule has 0 aliphatic heterocycles. The third-order valence-electron chi connectivity index (χ3n) is 2.67. The molecule has 1 N–H and O–H groups in total. The topological polar surface area (TPSA) is 39.1 Å². The first-order chi connectivity index (χ1) is 8.61. The van der Waals surface area contributed by atoms with Gasteiger partial charge in [-0.1, -0.05) is 15.9 Å². The summed E-state index contributed by atoms with van der Waals surface area (Å²) in [7, 11) is 3.80. The van der Waals surface area contributed by atoms with Crippen molar-refractivity contribution in [1.29, 1.82) is 0 Å². The Labute approximate surface area is 115 Å². The van der Waals surface area contributed by atoms with Gasteiger partial charge in [0.1, 0.15) is 5.75 Å². The average molecular weight is 310 g/mol. The van der Waals surface area contributed by atoms with E-state index in [-0.39, 0.29) is 0 Å². The molecule has 0 aliphatic rings. The first-order valence-electron chi connectivity index (χ1n) is 5.72. The fourth-order valence-corrected chi connectivity index (χ4v) is 2.07. The first-order valence-corrected chi connectivity index (χ1v) is 6.51. The molecule has 0 saturated carbocycles. The van der Waals surface area contributed by atoms with Crippen molar-refractivity contribution in [2.45, 2.75) is 13.5 Å². The number of nitrogens with zero attached hydrogens (tertiary/aromatic N) is 2. The van der Waals surface area contributed by atoms with E-state index in [1.807, 2.05) is 45.3 Å². The van der Waals surface area contributed by atoms with Gasteiger partial charge >= 0.3 is 0 Å². The lowest BCUT2D eigenvalue weighted by Gasteiger charge is -2.08. The van der Waals surface area contributed by atoms with Crippen molar-refractivity contribution < 1.29 is 4.74 Å². The van der Waals surface area contributed by atoms with Crippen molar-refractivity contribution in [2.75, 3.05) is 7.05 Å². The molecule has 1 heterocycles. The summed E-state index contributed by atoms with van der Waals surface area (Å²) in [5, 5.41) is 7.52. The number of benzene rings is 1. The summed E-state index contributed by atoms with van der Waals surface area (Å²) in [5.41, 5.74) is 2.07. The van der Waals surface area contributed by atoms with E-state index in [9.17, 15) is 0 Å². The van der Waals surface area contributed by atoms with E-state index < -0.39 is 0 Å². The maximum Gasteiger partial charge on any atom is 0.222 e. The van der Waals surface area contributed by atoms with Crippen LogP contribution in [0.1, 0.15) is 11.3 Å². The number of hydrogen-bond donors (Lipinski definition) is 1. The highest BCUT2D eigenvalue weighted by Gasteiger charge is 2.14. The van der Waals surface area contributed by atoms with Crippen LogP contribution in [0.4, 0.5) is 0 Å². The summed E-state index contributed by atoms with van der Waals surface area (Å²) in [4.78, 5) is 0. The Bertz CT molecular complexity index is 534. The Balaban J connectivity index is 2.30. The number of aromatic nitrogens is 2. The third kappa shape index (κ3) is 2.73. The van der Waals surface area contributed by atoms with E-state index in [4.69, 9.17) is 4.74 Å². The zero-order valence-corrected chi connectivity index (χ0v) is 12.3. The molecule has 1 aromatic carbocycles. The van der Waals surface area contributed by atoms with Crippen LogP contribution in [0.25, 0.3) is 0 Å². The minimum atomic E-state index is 0.742. The Kier molecular flexibility index (Phi) is 4.04. The number of rotatable bonds is 4. The van der Waals surface area contributed by atoms with Crippen LogP contribution in [0.5, 0.6) is 11.6 Å². The van der Waals surface area contributed by atoms with E-state index in [0.717, 1.165) is 33.9 Å². The fraction of sp³-hybridized carbons (Fsp3) is 0.308. The van der Waals surface area contributed by atoms with Crippen LogP contribution in [-0.4, -0.2) is 16.8 Å². The van der Waals surface area contributed by atoms with E-state index >= 15 is 0 Å². The van der Waals surface area contributed by atoms with Crippen molar-refractivity contribution in [2.24, 2.45) is 7.05 Å². The van der Waals surface area contributed by atoms with Gasteiger partial charge in [0.25, 0.3) is 0 Å². The van der Waals surface area contributed by atoms with Crippen molar-refractivity contribution in [3.8, 4) is 11.6 Å². The molecule has 0 aliphatic carbocycles. The molecule has 0 spiro atoms. The first kappa shape index (κ1) is 13.1. The molecule has 4 nitrogen and oxygen atoms in total. The standard InChI is InChI=1S/C13H16BrN3O/c1-9-12(8-15-2)13(17(3)16-9)18-11-6-4-10(14)5-7-11/h4-7,15H,8H2,1-3H3. The molecule has 0 bridgehead atoms. The molecule has 0 fully saturated rings. The lowest BCUT2D eigenvalue weighted by Crippen LogP contribution is -2.07. The van der Waals surface area contributed by atoms with Crippen LogP contribution in [0.3, 0.4) is 0 Å². The minimum Gasteiger partial charge on any atom is -0.439 e. The van der Waals surface area contributed by atoms with Gasteiger partial charge in [0.05, 0.1) is 11.3 Å². The quantitative estimate of drug-likeness (QED) is 0.943. The Morgan fingerprint density at radius 3 is 2.61 bits per heavy atom. The summed E-state index contributed by atoms with van der Waals surface area (Å²) in [6.45, 7) is 2.73. The maximum absolute atomic E-state index is 5.91. The molecule has 1 aromatic heterocycles. The van der Waals surface area contributed by atoms with Crippen molar-refractivity contribution >= 4 is 15.9 Å². The summed E-state index contributed by atoms with van der Waals surface area (Å²) in [5.74, 6) is 1.59. The smallest absolute Gasteiger partial charge is 0.222 e. The normalized spacial score (nSPS) is 10.7. The molecular formula is C13H16BrN3O. The predicted octanol–water partition coefficient (Wildman–Crippen LogP) is 3.00. The molecule has 5 heteroatoms. The highest BCUT2D eigenvalue weighted by atomic mass is 79.9. The van der Waals surface area contributed by atoms with E-state index in [1.165, 1.54) is 0 Å². The SMILES string of the molecule is CNCc1c(C)nn(C)c1Oc1ccc(Br)cc1. The van der Waals surface area contributed by atoms with Gasteiger partial charge in [0.2, 0.25) is 5.88 Å². The van der Waals surface area contributed by atoms with E-state index in [0.29, 0.717) is 0 Å². The highest BCUT2D eigenvalue weighted by molar-refractivity contribution is 9.10. The summed E-state index contributed by atoms with van der Waals surface area (Å²) < 4.78 is 8.71. The lowest BCUT2D eigenvalue weighted by atomic mass is 10.2. The van der Waals surface area contributed by atoms with E-state index in [2.05, 4.69) is 26.3 Å². The second-order valence-electron chi connectivity index (χ2n) is 4.08. The average Bonchev–Trinajstić information content (AvgIpc) is 2.59. The molecule has 0 amide bonds. The number of ether oxygens (including phenoxy) is 1. The molecule has 18 heavy (non-hydrogen) atoms. The largest absolute Gasteiger partial charge is 0.439 e. The summed E-state index contributed by atoms with van der Waals surface area (Å²) in [6, 6.07) is 7.76. The van der Waals surface area contributed by atoms with Gasteiger partial charge in [0, 0.05) is 18.1 Å². The Morgan fingerprint density at radius 2 is 2.00 bits per heavy atom. The van der Waals surface area contributed by atoms with Crippen molar-refractivity contribution in [1.82, 2.24) is 15.1 Å². The van der Waals surface area contributed by atoms with Gasteiger partial charge in [-0.3, -0.25) is 0 Å². The molecule has 96 valence electrons. The van der Waals surface area contributed by atoms with Crippen LogP contribution in [-0.2, 0) is 13.6 Å².